The van der Waals surface area contributed by atoms with Gasteiger partial charge in [0.05, 0.1) is 15.7 Å². The average molecular weight is 312 g/mol. The van der Waals surface area contributed by atoms with E-state index in [1.54, 1.807) is 17.5 Å². The number of thiophene rings is 1. The van der Waals surface area contributed by atoms with Crippen molar-refractivity contribution in [2.45, 2.75) is 13.5 Å². The first-order chi connectivity index (χ1) is 8.06. The number of nitrogen functional groups attached to an aromatic ring is 1. The lowest BCUT2D eigenvalue weighted by Gasteiger charge is -2.19. The highest BCUT2D eigenvalue weighted by Crippen LogP contribution is 2.24. The Hall–Kier alpha value is -1.07. The first-order valence-electron chi connectivity index (χ1n) is 5.22. The minimum Gasteiger partial charge on any atom is -0.397 e. The van der Waals surface area contributed by atoms with Gasteiger partial charge in [0.25, 0.3) is 0 Å². The van der Waals surface area contributed by atoms with E-state index in [2.05, 4.69) is 37.3 Å². The number of aryl methyl sites for hydroxylation is 1. The van der Waals surface area contributed by atoms with Crippen molar-refractivity contribution in [1.82, 2.24) is 4.98 Å². The molecule has 3 nitrogen and oxygen atoms in total. The van der Waals surface area contributed by atoms with Crippen LogP contribution >= 0.6 is 27.3 Å². The van der Waals surface area contributed by atoms with E-state index in [1.807, 2.05) is 20.0 Å². The molecule has 0 atom stereocenters. The Labute approximate surface area is 113 Å². The molecule has 2 aromatic heterocycles. The van der Waals surface area contributed by atoms with E-state index in [0.717, 1.165) is 21.7 Å². The number of hydrogen-bond donors (Lipinski definition) is 1. The van der Waals surface area contributed by atoms with Crippen molar-refractivity contribution in [3.8, 4) is 0 Å². The minimum absolute atomic E-state index is 0.706. The zero-order valence-corrected chi connectivity index (χ0v) is 12.2. The molecule has 0 amide bonds. The first-order valence-corrected chi connectivity index (χ1v) is 6.89. The Morgan fingerprint density at radius 3 is 2.82 bits per heavy atom. The molecule has 0 aliphatic rings. The largest absolute Gasteiger partial charge is 0.397 e. The molecule has 0 radical (unpaired) electrons. The lowest BCUT2D eigenvalue weighted by molar-refractivity contribution is 0.894. The monoisotopic (exact) mass is 311 g/mol. The third-order valence-electron chi connectivity index (χ3n) is 2.47. The van der Waals surface area contributed by atoms with Crippen molar-refractivity contribution < 1.29 is 0 Å². The van der Waals surface area contributed by atoms with Gasteiger partial charge in [-0.15, -0.1) is 11.3 Å². The number of pyridine rings is 1. The lowest BCUT2D eigenvalue weighted by atomic mass is 10.2. The smallest absolute Gasteiger partial charge is 0.131 e. The van der Waals surface area contributed by atoms with E-state index in [-0.39, 0.29) is 0 Å². The Balaban J connectivity index is 2.17. The Morgan fingerprint density at radius 1 is 1.47 bits per heavy atom. The van der Waals surface area contributed by atoms with Crippen molar-refractivity contribution >= 4 is 38.8 Å². The molecule has 0 bridgehead atoms. The molecule has 0 saturated carbocycles. The summed E-state index contributed by atoms with van der Waals surface area (Å²) < 4.78 is 1.16. The summed E-state index contributed by atoms with van der Waals surface area (Å²) in [6, 6.07) is 4.08. The van der Waals surface area contributed by atoms with Crippen LogP contribution in [0.3, 0.4) is 0 Å². The third-order valence-corrected chi connectivity index (χ3v) is 4.03. The summed E-state index contributed by atoms with van der Waals surface area (Å²) in [7, 11) is 2.04. The van der Waals surface area contributed by atoms with Crippen molar-refractivity contribution in [1.29, 1.82) is 0 Å². The molecule has 2 rings (SSSR count). The minimum atomic E-state index is 0.706. The van der Waals surface area contributed by atoms with Gasteiger partial charge in [0.1, 0.15) is 5.82 Å². The Bertz CT molecular complexity index is 524. The standard InChI is InChI=1S/C12H14BrN3S/c1-8-3-10(14)5-15-12(8)16(2)6-9-4-11(13)17-7-9/h3-5,7H,6,14H2,1-2H3. The van der Waals surface area contributed by atoms with Crippen molar-refractivity contribution in [2.75, 3.05) is 17.7 Å². The molecule has 0 aliphatic carbocycles. The molecule has 90 valence electrons. The van der Waals surface area contributed by atoms with E-state index in [4.69, 9.17) is 5.73 Å². The van der Waals surface area contributed by atoms with Crippen LogP contribution in [0.1, 0.15) is 11.1 Å². The summed E-state index contributed by atoms with van der Waals surface area (Å²) in [6.07, 6.45) is 1.70. The summed E-state index contributed by atoms with van der Waals surface area (Å²) >= 11 is 5.17. The quantitative estimate of drug-likeness (QED) is 0.944. The molecule has 0 aromatic carbocycles. The van der Waals surface area contributed by atoms with Gasteiger partial charge in [-0.05, 0) is 51.5 Å². The second-order valence-corrected chi connectivity index (χ2v) is 6.31. The SMILES string of the molecule is Cc1cc(N)cnc1N(C)Cc1csc(Br)c1. The fourth-order valence-corrected chi connectivity index (χ4v) is 2.97. The molecule has 0 unspecified atom stereocenters. The van der Waals surface area contributed by atoms with Crippen LogP contribution in [0.4, 0.5) is 11.5 Å². The van der Waals surface area contributed by atoms with E-state index in [9.17, 15) is 0 Å². The second-order valence-electron chi connectivity index (χ2n) is 4.02. The van der Waals surface area contributed by atoms with Crippen LogP contribution in [-0.2, 0) is 6.54 Å². The molecule has 2 N–H and O–H groups in total. The van der Waals surface area contributed by atoms with Gasteiger partial charge in [-0.3, -0.25) is 0 Å². The molecule has 2 heterocycles. The number of anilines is 2. The highest BCUT2D eigenvalue weighted by atomic mass is 79.9. The van der Waals surface area contributed by atoms with Gasteiger partial charge >= 0.3 is 0 Å². The molecule has 17 heavy (non-hydrogen) atoms. The number of halogens is 1. The second kappa shape index (κ2) is 5.06. The molecular weight excluding hydrogens is 298 g/mol. The van der Waals surface area contributed by atoms with Gasteiger partial charge in [0, 0.05) is 13.6 Å². The summed E-state index contributed by atoms with van der Waals surface area (Å²) in [5.41, 5.74) is 8.78. The summed E-state index contributed by atoms with van der Waals surface area (Å²) in [4.78, 5) is 6.50. The van der Waals surface area contributed by atoms with Crippen LogP contribution in [0, 0.1) is 6.92 Å². The van der Waals surface area contributed by atoms with Gasteiger partial charge in [-0.1, -0.05) is 0 Å². The maximum atomic E-state index is 5.70. The van der Waals surface area contributed by atoms with E-state index in [1.165, 1.54) is 5.56 Å². The zero-order chi connectivity index (χ0) is 12.4. The van der Waals surface area contributed by atoms with Gasteiger partial charge in [0.15, 0.2) is 0 Å². The highest BCUT2D eigenvalue weighted by molar-refractivity contribution is 9.11. The molecule has 0 fully saturated rings. The molecular formula is C12H14BrN3S. The van der Waals surface area contributed by atoms with Crippen LogP contribution < -0.4 is 10.6 Å². The summed E-state index contributed by atoms with van der Waals surface area (Å²) in [5.74, 6) is 0.974. The fourth-order valence-electron chi connectivity index (χ4n) is 1.77. The number of hydrogen-bond acceptors (Lipinski definition) is 4. The number of aromatic nitrogens is 1. The predicted octanol–water partition coefficient (Wildman–Crippen LogP) is 3.43. The Morgan fingerprint density at radius 2 is 2.24 bits per heavy atom. The number of nitrogens with zero attached hydrogens (tertiary/aromatic N) is 2. The van der Waals surface area contributed by atoms with Crippen LogP contribution in [0.15, 0.2) is 27.5 Å². The van der Waals surface area contributed by atoms with Crippen molar-refractivity contribution in [2.24, 2.45) is 0 Å². The number of rotatable bonds is 3. The summed E-state index contributed by atoms with van der Waals surface area (Å²) in [6.45, 7) is 2.87. The average Bonchev–Trinajstić information content (AvgIpc) is 2.63. The normalized spacial score (nSPS) is 10.5. The molecule has 0 spiro atoms. The predicted molar refractivity (Wildman–Crippen MR) is 77.5 cm³/mol. The van der Waals surface area contributed by atoms with Crippen LogP contribution in [0.5, 0.6) is 0 Å². The first kappa shape index (κ1) is 12.4. The topological polar surface area (TPSA) is 42.1 Å². The maximum Gasteiger partial charge on any atom is 0.131 e. The van der Waals surface area contributed by atoms with E-state index < -0.39 is 0 Å². The number of nitrogens with two attached hydrogens (primary N) is 1. The summed E-state index contributed by atoms with van der Waals surface area (Å²) in [5, 5.41) is 2.15. The third kappa shape index (κ3) is 2.98. The highest BCUT2D eigenvalue weighted by Gasteiger charge is 2.08. The molecule has 0 aliphatic heterocycles. The van der Waals surface area contributed by atoms with E-state index in [0.29, 0.717) is 5.69 Å². The van der Waals surface area contributed by atoms with Gasteiger partial charge < -0.3 is 10.6 Å². The van der Waals surface area contributed by atoms with Crippen LogP contribution in [-0.4, -0.2) is 12.0 Å². The Kier molecular flexibility index (Phi) is 3.69. The van der Waals surface area contributed by atoms with Gasteiger partial charge in [-0.2, -0.15) is 0 Å². The van der Waals surface area contributed by atoms with Crippen molar-refractivity contribution in [3.63, 3.8) is 0 Å². The molecule has 0 saturated heterocycles. The zero-order valence-electron chi connectivity index (χ0n) is 9.77. The molecule has 2 aromatic rings. The molecule has 5 heteroatoms. The lowest BCUT2D eigenvalue weighted by Crippen LogP contribution is -2.18. The van der Waals surface area contributed by atoms with Gasteiger partial charge in [-0.25, -0.2) is 4.98 Å². The van der Waals surface area contributed by atoms with Crippen molar-refractivity contribution in [3.05, 3.63) is 38.6 Å². The van der Waals surface area contributed by atoms with E-state index >= 15 is 0 Å². The van der Waals surface area contributed by atoms with Gasteiger partial charge in [0.2, 0.25) is 0 Å². The maximum absolute atomic E-state index is 5.70. The van der Waals surface area contributed by atoms with Crippen LogP contribution in [0.25, 0.3) is 0 Å². The van der Waals surface area contributed by atoms with Crippen LogP contribution in [0.2, 0.25) is 0 Å². The fraction of sp³-hybridized carbons (Fsp3) is 0.250.